The highest BCUT2D eigenvalue weighted by atomic mass is 15.2. The molecule has 0 bridgehead atoms. The maximum Gasteiger partial charge on any atom is 0.132 e. The normalized spacial score (nSPS) is 16.3. The fraction of sp³-hybridized carbons (Fsp3) is 0.526. The van der Waals surface area contributed by atoms with Crippen molar-refractivity contribution in [3.63, 3.8) is 0 Å². The van der Waals surface area contributed by atoms with E-state index in [4.69, 9.17) is 0 Å². The Kier molecular flexibility index (Phi) is 5.41. The quantitative estimate of drug-likeness (QED) is 0.845. The molecule has 5 heteroatoms. The van der Waals surface area contributed by atoms with E-state index in [-0.39, 0.29) is 0 Å². The zero-order valence-corrected chi connectivity index (χ0v) is 14.9. The Labute approximate surface area is 144 Å². The third-order valence-corrected chi connectivity index (χ3v) is 4.89. The van der Waals surface area contributed by atoms with Gasteiger partial charge in [0, 0.05) is 62.3 Å². The summed E-state index contributed by atoms with van der Waals surface area (Å²) in [5, 5.41) is 0. The molecule has 1 saturated heterocycles. The molecule has 1 aliphatic heterocycles. The number of nitrogens with zero attached hydrogens (tertiary/aromatic N) is 5. The van der Waals surface area contributed by atoms with Crippen LogP contribution in [-0.4, -0.2) is 52.6 Å². The second-order valence-corrected chi connectivity index (χ2v) is 6.72. The highest BCUT2D eigenvalue weighted by Gasteiger charge is 2.23. The van der Waals surface area contributed by atoms with Crippen LogP contribution >= 0.6 is 0 Å². The van der Waals surface area contributed by atoms with Crippen molar-refractivity contribution < 1.29 is 0 Å². The first-order valence-electron chi connectivity index (χ1n) is 8.78. The van der Waals surface area contributed by atoms with Gasteiger partial charge in [-0.3, -0.25) is 4.98 Å². The minimum atomic E-state index is 0.563. The van der Waals surface area contributed by atoms with Crippen LogP contribution in [0.15, 0.2) is 30.6 Å². The van der Waals surface area contributed by atoms with E-state index in [0.29, 0.717) is 6.04 Å². The predicted molar refractivity (Wildman–Crippen MR) is 97.3 cm³/mol. The lowest BCUT2D eigenvalue weighted by Crippen LogP contribution is -2.44. The van der Waals surface area contributed by atoms with E-state index in [1.807, 2.05) is 6.92 Å². The summed E-state index contributed by atoms with van der Waals surface area (Å²) in [5.74, 6) is 1.03. The molecule has 0 N–H and O–H groups in total. The summed E-state index contributed by atoms with van der Waals surface area (Å²) in [6, 6.07) is 8.91. The lowest BCUT2D eigenvalue weighted by Gasteiger charge is -2.37. The summed E-state index contributed by atoms with van der Waals surface area (Å²) < 4.78 is 0. The van der Waals surface area contributed by atoms with E-state index in [1.54, 1.807) is 6.33 Å². The number of hydrogen-bond acceptors (Lipinski definition) is 5. The maximum atomic E-state index is 4.60. The van der Waals surface area contributed by atoms with E-state index in [2.05, 4.69) is 63.0 Å². The zero-order valence-electron chi connectivity index (χ0n) is 14.9. The lowest BCUT2D eigenvalue weighted by atomic mass is 10.0. The fourth-order valence-corrected chi connectivity index (χ4v) is 3.36. The molecule has 0 amide bonds. The van der Waals surface area contributed by atoms with Crippen LogP contribution in [0.3, 0.4) is 0 Å². The second kappa shape index (κ2) is 7.71. The van der Waals surface area contributed by atoms with Crippen LogP contribution in [0, 0.1) is 13.8 Å². The Morgan fingerprint density at radius 2 is 1.92 bits per heavy atom. The van der Waals surface area contributed by atoms with Crippen molar-refractivity contribution >= 4 is 5.82 Å². The average molecular weight is 325 g/mol. The zero-order chi connectivity index (χ0) is 16.9. The van der Waals surface area contributed by atoms with Crippen LogP contribution in [0.2, 0.25) is 0 Å². The molecular weight excluding hydrogens is 298 g/mol. The Bertz CT molecular complexity index is 664. The van der Waals surface area contributed by atoms with Gasteiger partial charge in [-0.2, -0.15) is 0 Å². The van der Waals surface area contributed by atoms with Gasteiger partial charge in [-0.25, -0.2) is 9.97 Å². The molecule has 128 valence electrons. The molecular formula is C19H27N5. The van der Waals surface area contributed by atoms with Gasteiger partial charge in [0.15, 0.2) is 0 Å². The van der Waals surface area contributed by atoms with Gasteiger partial charge in [0.2, 0.25) is 0 Å². The Morgan fingerprint density at radius 3 is 2.62 bits per heavy atom. The van der Waals surface area contributed by atoms with Crippen LogP contribution < -0.4 is 4.90 Å². The lowest BCUT2D eigenvalue weighted by molar-refractivity contribution is 0.212. The third-order valence-electron chi connectivity index (χ3n) is 4.89. The molecule has 1 aliphatic rings. The van der Waals surface area contributed by atoms with Crippen LogP contribution in [0.1, 0.15) is 29.9 Å². The Hall–Kier alpha value is -2.01. The number of aromatic nitrogens is 3. The van der Waals surface area contributed by atoms with Crippen LogP contribution in [0.25, 0.3) is 0 Å². The molecule has 0 saturated carbocycles. The summed E-state index contributed by atoms with van der Waals surface area (Å²) in [6.45, 7) is 7.45. The summed E-state index contributed by atoms with van der Waals surface area (Å²) in [6.07, 6.45) is 5.06. The maximum absolute atomic E-state index is 4.60. The van der Waals surface area contributed by atoms with Crippen molar-refractivity contribution in [3.05, 3.63) is 47.7 Å². The number of rotatable bonds is 5. The van der Waals surface area contributed by atoms with E-state index < -0.39 is 0 Å². The largest absolute Gasteiger partial charge is 0.356 e. The first-order valence-corrected chi connectivity index (χ1v) is 8.78. The first kappa shape index (κ1) is 16.8. The van der Waals surface area contributed by atoms with Gasteiger partial charge in [-0.15, -0.1) is 0 Å². The predicted octanol–water partition coefficient (Wildman–Crippen LogP) is 2.63. The van der Waals surface area contributed by atoms with Gasteiger partial charge in [0.1, 0.15) is 12.1 Å². The Balaban J connectivity index is 1.48. The van der Waals surface area contributed by atoms with Gasteiger partial charge < -0.3 is 9.80 Å². The van der Waals surface area contributed by atoms with Crippen LogP contribution in [-0.2, 0) is 6.42 Å². The van der Waals surface area contributed by atoms with Gasteiger partial charge in [-0.05, 0) is 38.8 Å². The first-order chi connectivity index (χ1) is 11.6. The SMILES string of the molecule is Cc1cc(N(C)C2CCN(CCc3cccc(C)n3)CC2)ncn1. The molecule has 5 nitrogen and oxygen atoms in total. The Morgan fingerprint density at radius 1 is 1.12 bits per heavy atom. The van der Waals surface area contributed by atoms with Gasteiger partial charge in [0.25, 0.3) is 0 Å². The van der Waals surface area contributed by atoms with Crippen molar-refractivity contribution in [1.82, 2.24) is 19.9 Å². The van der Waals surface area contributed by atoms with Crippen molar-refractivity contribution in [1.29, 1.82) is 0 Å². The van der Waals surface area contributed by atoms with Crippen molar-refractivity contribution in [2.24, 2.45) is 0 Å². The molecule has 1 fully saturated rings. The molecule has 2 aromatic heterocycles. The van der Waals surface area contributed by atoms with Gasteiger partial charge in [-0.1, -0.05) is 6.07 Å². The minimum Gasteiger partial charge on any atom is -0.356 e. The molecule has 2 aromatic rings. The number of likely N-dealkylation sites (tertiary alicyclic amines) is 1. The van der Waals surface area contributed by atoms with Gasteiger partial charge >= 0.3 is 0 Å². The average Bonchev–Trinajstić information content (AvgIpc) is 2.60. The van der Waals surface area contributed by atoms with Crippen LogP contribution in [0.5, 0.6) is 0 Å². The number of piperidine rings is 1. The number of hydrogen-bond donors (Lipinski definition) is 0. The standard InChI is InChI=1S/C19H27N5/c1-15-5-4-6-17(22-15)7-10-24-11-8-18(9-12-24)23(3)19-13-16(2)20-14-21-19/h4-6,13-14,18H,7-12H2,1-3H3. The van der Waals surface area contributed by atoms with Crippen molar-refractivity contribution in [3.8, 4) is 0 Å². The van der Waals surface area contributed by atoms with Crippen molar-refractivity contribution in [2.45, 2.75) is 39.2 Å². The summed E-state index contributed by atoms with van der Waals surface area (Å²) in [5.41, 5.74) is 3.33. The fourth-order valence-electron chi connectivity index (χ4n) is 3.36. The number of aryl methyl sites for hydroxylation is 2. The summed E-state index contributed by atoms with van der Waals surface area (Å²) in [4.78, 5) is 18.1. The summed E-state index contributed by atoms with van der Waals surface area (Å²) in [7, 11) is 2.15. The number of pyridine rings is 1. The molecule has 3 rings (SSSR count). The molecule has 0 spiro atoms. The highest BCUT2D eigenvalue weighted by Crippen LogP contribution is 2.20. The van der Waals surface area contributed by atoms with Gasteiger partial charge in [0.05, 0.1) is 0 Å². The minimum absolute atomic E-state index is 0.563. The molecule has 24 heavy (non-hydrogen) atoms. The molecule has 0 atom stereocenters. The second-order valence-electron chi connectivity index (χ2n) is 6.72. The smallest absolute Gasteiger partial charge is 0.132 e. The molecule has 0 aliphatic carbocycles. The van der Waals surface area contributed by atoms with E-state index in [0.717, 1.165) is 43.3 Å². The molecule has 0 aromatic carbocycles. The number of anilines is 1. The summed E-state index contributed by atoms with van der Waals surface area (Å²) >= 11 is 0. The molecule has 0 unspecified atom stereocenters. The molecule has 3 heterocycles. The third kappa shape index (κ3) is 4.29. The highest BCUT2D eigenvalue weighted by molar-refractivity contribution is 5.39. The van der Waals surface area contributed by atoms with Crippen molar-refractivity contribution in [2.75, 3.05) is 31.6 Å². The molecule has 0 radical (unpaired) electrons. The van der Waals surface area contributed by atoms with E-state index in [1.165, 1.54) is 18.5 Å². The van der Waals surface area contributed by atoms with E-state index >= 15 is 0 Å². The van der Waals surface area contributed by atoms with Crippen LogP contribution in [0.4, 0.5) is 5.82 Å². The van der Waals surface area contributed by atoms with E-state index in [9.17, 15) is 0 Å². The monoisotopic (exact) mass is 325 g/mol. The topological polar surface area (TPSA) is 45.2 Å².